The number of alkyl halides is 2. The maximum absolute atomic E-state index is 13.7. The van der Waals surface area contributed by atoms with E-state index in [-0.39, 0.29) is 23.7 Å². The number of nitrogens with one attached hydrogen (secondary N) is 1. The predicted molar refractivity (Wildman–Crippen MR) is 105 cm³/mol. The molecule has 10 heteroatoms. The molecule has 3 aliphatic heterocycles. The molecule has 1 aromatic rings. The highest BCUT2D eigenvalue weighted by Crippen LogP contribution is 2.30. The molecule has 8 nitrogen and oxygen atoms in total. The van der Waals surface area contributed by atoms with Crippen LogP contribution in [-0.2, 0) is 9.47 Å². The van der Waals surface area contributed by atoms with Crippen LogP contribution in [0.25, 0.3) is 5.70 Å². The van der Waals surface area contributed by atoms with Gasteiger partial charge < -0.3 is 25.4 Å². The smallest absolute Gasteiger partial charge is 0.264 e. The number of pyridine rings is 1. The molecule has 0 amide bonds. The first-order valence-corrected chi connectivity index (χ1v) is 9.79. The van der Waals surface area contributed by atoms with Crippen molar-refractivity contribution in [1.82, 2.24) is 20.1 Å². The Morgan fingerprint density at radius 2 is 1.97 bits per heavy atom. The quantitative estimate of drug-likeness (QED) is 0.779. The Balaban J connectivity index is 1.72. The van der Waals surface area contributed by atoms with Gasteiger partial charge in [-0.1, -0.05) is 0 Å². The van der Waals surface area contributed by atoms with Gasteiger partial charge in [-0.3, -0.25) is 4.90 Å². The number of rotatable bonds is 3. The van der Waals surface area contributed by atoms with Crippen LogP contribution in [0.5, 0.6) is 0 Å². The number of anilines is 1. The summed E-state index contributed by atoms with van der Waals surface area (Å²) < 4.78 is 38.4. The molecular formula is C19H26F2N6O2. The Bertz CT molecular complexity index is 797. The molecule has 0 saturated carbocycles. The number of hydrogen-bond donors (Lipinski definition) is 2. The summed E-state index contributed by atoms with van der Waals surface area (Å²) in [4.78, 5) is 13.2. The minimum absolute atomic E-state index is 0.0703. The van der Waals surface area contributed by atoms with Crippen LogP contribution in [0.15, 0.2) is 23.3 Å². The Morgan fingerprint density at radius 3 is 2.69 bits per heavy atom. The second-order valence-corrected chi connectivity index (χ2v) is 7.33. The summed E-state index contributed by atoms with van der Waals surface area (Å²) in [5.74, 6) is 0.823. The summed E-state index contributed by atoms with van der Waals surface area (Å²) in [5.41, 5.74) is 6.40. The SMILES string of the molecule is C[C@H]1COCCN1C1=NC(N2CCOCC2)NC(c2cnc(N)cc2C(F)F)=C1. The Hall–Kier alpha value is -2.30. The van der Waals surface area contributed by atoms with Crippen molar-refractivity contribution < 1.29 is 18.3 Å². The molecule has 0 bridgehead atoms. The van der Waals surface area contributed by atoms with Gasteiger partial charge in [0.1, 0.15) is 11.7 Å². The highest BCUT2D eigenvalue weighted by molar-refractivity contribution is 6.00. The predicted octanol–water partition coefficient (Wildman–Crippen LogP) is 1.28. The van der Waals surface area contributed by atoms with Gasteiger partial charge in [0.05, 0.1) is 32.5 Å². The number of aromatic nitrogens is 1. The molecule has 2 atom stereocenters. The Kier molecular flexibility index (Phi) is 5.93. The van der Waals surface area contributed by atoms with Crippen molar-refractivity contribution in [3.05, 3.63) is 29.5 Å². The maximum atomic E-state index is 13.7. The van der Waals surface area contributed by atoms with Crippen molar-refractivity contribution >= 4 is 17.4 Å². The van der Waals surface area contributed by atoms with Crippen LogP contribution in [-0.4, -0.2) is 79.0 Å². The molecule has 29 heavy (non-hydrogen) atoms. The summed E-state index contributed by atoms with van der Waals surface area (Å²) in [6.07, 6.45) is 0.187. The number of morpholine rings is 2. The number of ether oxygens (including phenoxy) is 2. The zero-order chi connectivity index (χ0) is 20.4. The minimum atomic E-state index is -2.66. The van der Waals surface area contributed by atoms with Gasteiger partial charge in [0.15, 0.2) is 6.29 Å². The second-order valence-electron chi connectivity index (χ2n) is 7.33. The van der Waals surface area contributed by atoms with Crippen LogP contribution in [0, 0.1) is 0 Å². The minimum Gasteiger partial charge on any atom is -0.384 e. The van der Waals surface area contributed by atoms with Crippen molar-refractivity contribution in [3.63, 3.8) is 0 Å². The first-order valence-electron chi connectivity index (χ1n) is 9.79. The Labute approximate surface area is 168 Å². The maximum Gasteiger partial charge on any atom is 0.264 e. The highest BCUT2D eigenvalue weighted by atomic mass is 19.3. The highest BCUT2D eigenvalue weighted by Gasteiger charge is 2.30. The standard InChI is InChI=1S/C19H26F2N6O2/c1-12-11-29-7-4-27(12)17-9-15(14-10-23-16(22)8-13(14)18(20)21)24-19(25-17)26-2-5-28-6-3-26/h8-10,12,18-19,24H,2-7,11H2,1H3,(H2,22,23)/t12-,19?/m0/s1. The van der Waals surface area contributed by atoms with E-state index in [2.05, 4.69) is 27.0 Å². The van der Waals surface area contributed by atoms with Crippen molar-refractivity contribution in [3.8, 4) is 0 Å². The molecule has 0 radical (unpaired) electrons. The van der Waals surface area contributed by atoms with Crippen LogP contribution >= 0.6 is 0 Å². The molecule has 1 aromatic heterocycles. The van der Waals surface area contributed by atoms with Gasteiger partial charge in [0, 0.05) is 48.7 Å². The molecule has 0 aliphatic carbocycles. The number of nitrogens with two attached hydrogens (primary N) is 1. The lowest BCUT2D eigenvalue weighted by Gasteiger charge is -2.40. The summed E-state index contributed by atoms with van der Waals surface area (Å²) >= 11 is 0. The third-order valence-electron chi connectivity index (χ3n) is 5.35. The molecular weight excluding hydrogens is 382 g/mol. The van der Waals surface area contributed by atoms with Crippen molar-refractivity contribution in [2.45, 2.75) is 25.7 Å². The van der Waals surface area contributed by atoms with E-state index < -0.39 is 6.43 Å². The van der Waals surface area contributed by atoms with Gasteiger partial charge in [0.2, 0.25) is 0 Å². The summed E-state index contributed by atoms with van der Waals surface area (Å²) in [6, 6.07) is 1.37. The molecule has 3 N–H and O–H groups in total. The first kappa shape index (κ1) is 20.0. The van der Waals surface area contributed by atoms with E-state index in [9.17, 15) is 8.78 Å². The van der Waals surface area contributed by atoms with Gasteiger partial charge in [-0.25, -0.2) is 18.8 Å². The third-order valence-corrected chi connectivity index (χ3v) is 5.35. The molecule has 4 heterocycles. The monoisotopic (exact) mass is 408 g/mol. The van der Waals surface area contributed by atoms with Crippen molar-refractivity contribution in [2.24, 2.45) is 4.99 Å². The number of halogens is 2. The fourth-order valence-electron chi connectivity index (χ4n) is 3.77. The van der Waals surface area contributed by atoms with Gasteiger partial charge in [0.25, 0.3) is 6.43 Å². The van der Waals surface area contributed by atoms with E-state index >= 15 is 0 Å². The molecule has 0 aromatic carbocycles. The second kappa shape index (κ2) is 8.60. The summed E-state index contributed by atoms with van der Waals surface area (Å²) in [6.45, 7) is 6.61. The molecule has 3 aliphatic rings. The zero-order valence-electron chi connectivity index (χ0n) is 16.4. The normalized spacial score (nSPS) is 26.1. The summed E-state index contributed by atoms with van der Waals surface area (Å²) in [7, 11) is 0. The van der Waals surface area contributed by atoms with Crippen LogP contribution in [0.1, 0.15) is 24.5 Å². The number of amidine groups is 1. The van der Waals surface area contributed by atoms with Gasteiger partial charge in [-0.15, -0.1) is 0 Å². The number of nitrogens with zero attached hydrogens (tertiary/aromatic N) is 4. The van der Waals surface area contributed by atoms with Gasteiger partial charge in [-0.2, -0.15) is 0 Å². The molecule has 158 valence electrons. The topological polar surface area (TPSA) is 88.2 Å². The number of nitrogen functional groups attached to an aromatic ring is 1. The average Bonchev–Trinajstić information content (AvgIpc) is 2.74. The lowest BCUT2D eigenvalue weighted by molar-refractivity contribution is 0.0123. The Morgan fingerprint density at radius 1 is 1.21 bits per heavy atom. The van der Waals surface area contributed by atoms with E-state index in [1.165, 1.54) is 12.3 Å². The summed E-state index contributed by atoms with van der Waals surface area (Å²) in [5, 5.41) is 3.31. The lowest BCUT2D eigenvalue weighted by Crippen LogP contribution is -2.54. The lowest BCUT2D eigenvalue weighted by atomic mass is 10.1. The zero-order valence-corrected chi connectivity index (χ0v) is 16.4. The van der Waals surface area contributed by atoms with Crippen LogP contribution < -0.4 is 11.1 Å². The van der Waals surface area contributed by atoms with Crippen LogP contribution in [0.3, 0.4) is 0 Å². The molecule has 2 saturated heterocycles. The van der Waals surface area contributed by atoms with E-state index in [1.54, 1.807) is 0 Å². The number of hydrogen-bond acceptors (Lipinski definition) is 8. The molecule has 2 fully saturated rings. The van der Waals surface area contributed by atoms with Crippen molar-refractivity contribution in [2.75, 3.05) is 51.8 Å². The molecule has 4 rings (SSSR count). The largest absolute Gasteiger partial charge is 0.384 e. The van der Waals surface area contributed by atoms with E-state index in [0.717, 1.165) is 5.84 Å². The van der Waals surface area contributed by atoms with Crippen molar-refractivity contribution in [1.29, 1.82) is 0 Å². The van der Waals surface area contributed by atoms with E-state index in [1.807, 2.05) is 6.08 Å². The van der Waals surface area contributed by atoms with Crippen LogP contribution in [0.4, 0.5) is 14.6 Å². The third kappa shape index (κ3) is 4.34. The fraction of sp³-hybridized carbons (Fsp3) is 0.579. The molecule has 0 spiro atoms. The fourth-order valence-corrected chi connectivity index (χ4v) is 3.77. The van der Waals surface area contributed by atoms with Gasteiger partial charge >= 0.3 is 0 Å². The average molecular weight is 408 g/mol. The van der Waals surface area contributed by atoms with Gasteiger partial charge in [-0.05, 0) is 13.0 Å². The van der Waals surface area contributed by atoms with E-state index in [4.69, 9.17) is 20.2 Å². The first-order chi connectivity index (χ1) is 14.0. The van der Waals surface area contributed by atoms with Crippen LogP contribution in [0.2, 0.25) is 0 Å². The van der Waals surface area contributed by atoms with E-state index in [0.29, 0.717) is 57.3 Å². The molecule has 1 unspecified atom stereocenters. The number of aliphatic imine (C=N–C) groups is 1.